The van der Waals surface area contributed by atoms with Crippen LogP contribution >= 0.6 is 12.4 Å². The molecule has 25 heavy (non-hydrogen) atoms. The first kappa shape index (κ1) is 20.2. The van der Waals surface area contributed by atoms with Crippen LogP contribution in [0.1, 0.15) is 25.0 Å². The fourth-order valence-corrected chi connectivity index (χ4v) is 5.17. The zero-order valence-electron chi connectivity index (χ0n) is 14.7. The summed E-state index contributed by atoms with van der Waals surface area (Å²) in [5.74, 6) is 0.0743. The van der Waals surface area contributed by atoms with Crippen molar-refractivity contribution in [2.45, 2.75) is 37.6 Å². The van der Waals surface area contributed by atoms with E-state index in [-0.39, 0.29) is 24.4 Å². The number of fused-ring (bicyclic) bond motifs is 1. The maximum Gasteiger partial charge on any atom is 0.243 e. The SMILES string of the molecule is CC(=O)N1CCc2ccc(S(=O)(=O)N3CCNC[C@@H]3C)cc2CC1.Cl. The van der Waals surface area contributed by atoms with Gasteiger partial charge in [-0.25, -0.2) is 8.42 Å². The summed E-state index contributed by atoms with van der Waals surface area (Å²) in [7, 11) is -3.47. The van der Waals surface area contributed by atoms with Crippen LogP contribution in [0.15, 0.2) is 23.1 Å². The molecular weight excluding hydrogens is 362 g/mol. The highest BCUT2D eigenvalue weighted by Gasteiger charge is 2.31. The number of hydrogen-bond acceptors (Lipinski definition) is 4. The third-order valence-corrected chi connectivity index (χ3v) is 6.98. The van der Waals surface area contributed by atoms with Crippen molar-refractivity contribution in [1.29, 1.82) is 0 Å². The standard InChI is InChI=1S/C17H25N3O3S.ClH/c1-13-12-18-7-10-20(13)24(22,23)17-4-3-15-5-8-19(14(2)21)9-6-16(15)11-17;/h3-4,11,13,18H,5-10,12H2,1-2H3;1H/t13-;/m0./s1. The lowest BCUT2D eigenvalue weighted by Gasteiger charge is -2.33. The van der Waals surface area contributed by atoms with Gasteiger partial charge in [0.15, 0.2) is 0 Å². The zero-order valence-corrected chi connectivity index (χ0v) is 16.3. The van der Waals surface area contributed by atoms with Crippen molar-refractivity contribution >= 4 is 28.3 Å². The highest BCUT2D eigenvalue weighted by Crippen LogP contribution is 2.24. The molecule has 0 bridgehead atoms. The third kappa shape index (κ3) is 4.16. The predicted octanol–water partition coefficient (Wildman–Crippen LogP) is 1.04. The summed E-state index contributed by atoms with van der Waals surface area (Å²) in [5, 5.41) is 3.22. The van der Waals surface area contributed by atoms with Crippen LogP contribution in [-0.4, -0.2) is 62.3 Å². The average molecular weight is 388 g/mol. The Morgan fingerprint density at radius 2 is 1.84 bits per heavy atom. The van der Waals surface area contributed by atoms with Gasteiger partial charge in [0, 0.05) is 45.7 Å². The molecule has 1 amide bonds. The first-order valence-electron chi connectivity index (χ1n) is 8.49. The molecule has 0 spiro atoms. The summed E-state index contributed by atoms with van der Waals surface area (Å²) in [6.07, 6.45) is 1.48. The van der Waals surface area contributed by atoms with E-state index in [0.29, 0.717) is 44.0 Å². The van der Waals surface area contributed by atoms with E-state index in [4.69, 9.17) is 0 Å². The highest BCUT2D eigenvalue weighted by molar-refractivity contribution is 7.89. The number of rotatable bonds is 2. The Morgan fingerprint density at radius 3 is 2.48 bits per heavy atom. The molecule has 1 N–H and O–H groups in total. The number of halogens is 1. The Labute approximate surface area is 156 Å². The molecule has 0 unspecified atom stereocenters. The summed E-state index contributed by atoms with van der Waals surface area (Å²) < 4.78 is 27.5. The van der Waals surface area contributed by atoms with Crippen molar-refractivity contribution in [2.75, 3.05) is 32.7 Å². The summed E-state index contributed by atoms with van der Waals surface area (Å²) in [5.41, 5.74) is 2.19. The molecule has 1 aromatic rings. The largest absolute Gasteiger partial charge is 0.342 e. The van der Waals surface area contributed by atoms with Crippen LogP contribution in [0, 0.1) is 0 Å². The van der Waals surface area contributed by atoms with E-state index >= 15 is 0 Å². The lowest BCUT2D eigenvalue weighted by atomic mass is 10.0. The quantitative estimate of drug-likeness (QED) is 0.823. The van der Waals surface area contributed by atoms with Crippen molar-refractivity contribution in [3.63, 3.8) is 0 Å². The van der Waals surface area contributed by atoms with Gasteiger partial charge in [0.2, 0.25) is 15.9 Å². The monoisotopic (exact) mass is 387 g/mol. The van der Waals surface area contributed by atoms with Crippen molar-refractivity contribution in [1.82, 2.24) is 14.5 Å². The van der Waals surface area contributed by atoms with Crippen LogP contribution in [0.4, 0.5) is 0 Å². The molecular formula is C17H26ClN3O3S. The maximum absolute atomic E-state index is 13.0. The number of carbonyl (C=O) groups excluding carboxylic acids is 1. The smallest absolute Gasteiger partial charge is 0.243 e. The molecule has 1 fully saturated rings. The number of amides is 1. The predicted molar refractivity (Wildman–Crippen MR) is 99.6 cm³/mol. The van der Waals surface area contributed by atoms with Crippen molar-refractivity contribution in [3.8, 4) is 0 Å². The number of sulfonamides is 1. The van der Waals surface area contributed by atoms with Crippen LogP contribution < -0.4 is 5.32 Å². The minimum Gasteiger partial charge on any atom is -0.342 e. The van der Waals surface area contributed by atoms with Crippen LogP contribution in [0.5, 0.6) is 0 Å². The summed E-state index contributed by atoms with van der Waals surface area (Å²) in [4.78, 5) is 13.8. The van der Waals surface area contributed by atoms with Gasteiger partial charge in [-0.2, -0.15) is 4.31 Å². The van der Waals surface area contributed by atoms with E-state index in [9.17, 15) is 13.2 Å². The molecule has 0 radical (unpaired) electrons. The molecule has 0 saturated carbocycles. The molecule has 1 saturated heterocycles. The average Bonchev–Trinajstić information content (AvgIpc) is 2.77. The Balaban J connectivity index is 0.00000225. The molecule has 0 aliphatic carbocycles. The maximum atomic E-state index is 13.0. The van der Waals surface area contributed by atoms with Gasteiger partial charge in [0.05, 0.1) is 4.90 Å². The summed E-state index contributed by atoms with van der Waals surface area (Å²) in [6.45, 7) is 6.72. The van der Waals surface area contributed by atoms with Crippen LogP contribution in [0.3, 0.4) is 0 Å². The van der Waals surface area contributed by atoms with E-state index in [1.165, 1.54) is 0 Å². The Hall–Kier alpha value is -1.15. The van der Waals surface area contributed by atoms with Crippen LogP contribution in [0.25, 0.3) is 0 Å². The molecule has 2 aliphatic rings. The first-order valence-corrected chi connectivity index (χ1v) is 9.93. The number of benzene rings is 1. The van der Waals surface area contributed by atoms with E-state index in [0.717, 1.165) is 17.5 Å². The van der Waals surface area contributed by atoms with Gasteiger partial charge in [-0.05, 0) is 43.0 Å². The van der Waals surface area contributed by atoms with E-state index in [1.807, 2.05) is 24.0 Å². The van der Waals surface area contributed by atoms with Crippen molar-refractivity contribution in [2.24, 2.45) is 0 Å². The van der Waals surface area contributed by atoms with E-state index in [2.05, 4.69) is 5.32 Å². The number of nitrogens with one attached hydrogen (secondary N) is 1. The molecule has 2 heterocycles. The number of nitrogens with zero attached hydrogens (tertiary/aromatic N) is 2. The molecule has 1 aromatic carbocycles. The normalized spacial score (nSPS) is 21.8. The van der Waals surface area contributed by atoms with Gasteiger partial charge in [0.25, 0.3) is 0 Å². The zero-order chi connectivity index (χ0) is 17.3. The summed E-state index contributed by atoms with van der Waals surface area (Å²) >= 11 is 0. The number of carbonyl (C=O) groups is 1. The molecule has 8 heteroatoms. The first-order chi connectivity index (χ1) is 11.4. The molecule has 2 aliphatic heterocycles. The fraction of sp³-hybridized carbons (Fsp3) is 0.588. The Bertz CT molecular complexity index is 739. The van der Waals surface area contributed by atoms with Crippen LogP contribution in [-0.2, 0) is 27.7 Å². The van der Waals surface area contributed by atoms with E-state index < -0.39 is 10.0 Å². The topological polar surface area (TPSA) is 69.7 Å². The second-order valence-corrected chi connectivity index (χ2v) is 8.50. The number of piperazine rings is 1. The van der Waals surface area contributed by atoms with Gasteiger partial charge in [-0.3, -0.25) is 4.79 Å². The Kier molecular flexibility index (Phi) is 6.48. The minimum atomic E-state index is -3.47. The summed E-state index contributed by atoms with van der Waals surface area (Å²) in [6, 6.07) is 5.39. The van der Waals surface area contributed by atoms with Crippen molar-refractivity contribution < 1.29 is 13.2 Å². The molecule has 6 nitrogen and oxygen atoms in total. The molecule has 3 rings (SSSR count). The van der Waals surface area contributed by atoms with Gasteiger partial charge < -0.3 is 10.2 Å². The lowest BCUT2D eigenvalue weighted by molar-refractivity contribution is -0.128. The van der Waals surface area contributed by atoms with Crippen LogP contribution in [0.2, 0.25) is 0 Å². The Morgan fingerprint density at radius 1 is 1.16 bits per heavy atom. The van der Waals surface area contributed by atoms with Gasteiger partial charge in [-0.15, -0.1) is 12.4 Å². The number of hydrogen-bond donors (Lipinski definition) is 1. The molecule has 140 valence electrons. The highest BCUT2D eigenvalue weighted by atomic mass is 35.5. The second kappa shape index (κ2) is 8.03. The van der Waals surface area contributed by atoms with Gasteiger partial charge >= 0.3 is 0 Å². The lowest BCUT2D eigenvalue weighted by Crippen LogP contribution is -2.52. The van der Waals surface area contributed by atoms with E-state index in [1.54, 1.807) is 17.3 Å². The third-order valence-electron chi connectivity index (χ3n) is 4.97. The molecule has 0 aromatic heterocycles. The molecule has 1 atom stereocenters. The fourth-order valence-electron chi connectivity index (χ4n) is 3.49. The van der Waals surface area contributed by atoms with Gasteiger partial charge in [-0.1, -0.05) is 6.07 Å². The minimum absolute atomic E-state index is 0. The second-order valence-electron chi connectivity index (χ2n) is 6.61. The van der Waals surface area contributed by atoms with Gasteiger partial charge in [0.1, 0.15) is 0 Å². The van der Waals surface area contributed by atoms with Crippen molar-refractivity contribution in [3.05, 3.63) is 29.3 Å².